The van der Waals surface area contributed by atoms with Crippen molar-refractivity contribution >= 4 is 5.84 Å². The first-order valence-electron chi connectivity index (χ1n) is 4.48. The van der Waals surface area contributed by atoms with Crippen LogP contribution in [0.15, 0.2) is 55.1 Å². The number of rotatable bonds is 1. The Kier molecular flexibility index (Phi) is 4.66. The average Bonchev–Trinajstić information content (AvgIpc) is 2.33. The van der Waals surface area contributed by atoms with Crippen LogP contribution in [0.1, 0.15) is 0 Å². The van der Waals surface area contributed by atoms with Crippen LogP contribution >= 0.6 is 0 Å². The third-order valence-corrected chi connectivity index (χ3v) is 1.57. The molecule has 2 rings (SSSR count). The molecule has 1 aliphatic rings. The number of allylic oxidation sites excluding steroid dienone is 2. The molecule has 0 saturated heterocycles. The molecule has 78 valence electrons. The molecule has 4 heteroatoms. The highest BCUT2D eigenvalue weighted by Crippen LogP contribution is 2.00. The van der Waals surface area contributed by atoms with E-state index in [9.17, 15) is 0 Å². The van der Waals surface area contributed by atoms with Gasteiger partial charge in [0.05, 0.1) is 6.26 Å². The van der Waals surface area contributed by atoms with E-state index in [1.54, 1.807) is 30.6 Å². The Bertz CT molecular complexity index is 319. The quantitative estimate of drug-likeness (QED) is 0.536. The molecule has 0 amide bonds. The number of nitrogens with zero attached hydrogens (tertiary/aromatic N) is 1. The fourth-order valence-corrected chi connectivity index (χ4v) is 0.875. The van der Waals surface area contributed by atoms with Crippen LogP contribution in [0.4, 0.5) is 0 Å². The van der Waals surface area contributed by atoms with Crippen LogP contribution in [0.25, 0.3) is 0 Å². The number of nitrogens with one attached hydrogen (secondary N) is 1. The molecule has 0 bridgehead atoms. The van der Waals surface area contributed by atoms with Gasteiger partial charge in [0.25, 0.3) is 0 Å². The summed E-state index contributed by atoms with van der Waals surface area (Å²) in [4.78, 5) is 3.78. The Balaban J connectivity index is 0.000000162. The average molecular weight is 203 g/mol. The first-order chi connectivity index (χ1) is 7.30. The molecule has 2 heterocycles. The van der Waals surface area contributed by atoms with E-state index in [0.29, 0.717) is 0 Å². The molecule has 3 N–H and O–H groups in total. The molecule has 0 radical (unpaired) electrons. The third-order valence-electron chi connectivity index (χ3n) is 1.57. The van der Waals surface area contributed by atoms with E-state index in [-0.39, 0.29) is 11.9 Å². The van der Waals surface area contributed by atoms with Crippen molar-refractivity contribution in [3.05, 3.63) is 55.1 Å². The van der Waals surface area contributed by atoms with Gasteiger partial charge < -0.3 is 10.5 Å². The maximum Gasteiger partial charge on any atom is 0.172 e. The van der Waals surface area contributed by atoms with Crippen molar-refractivity contribution < 1.29 is 4.74 Å². The van der Waals surface area contributed by atoms with Gasteiger partial charge >= 0.3 is 0 Å². The van der Waals surface area contributed by atoms with Crippen LogP contribution in [-0.4, -0.2) is 16.9 Å². The highest BCUT2D eigenvalue weighted by molar-refractivity contribution is 5.83. The second-order valence-electron chi connectivity index (χ2n) is 2.75. The topological polar surface area (TPSA) is 72.0 Å². The molecule has 15 heavy (non-hydrogen) atoms. The zero-order valence-corrected chi connectivity index (χ0v) is 8.21. The summed E-state index contributed by atoms with van der Waals surface area (Å²) < 4.78 is 4.92. The molecule has 1 unspecified atom stereocenters. The van der Waals surface area contributed by atoms with E-state index in [2.05, 4.69) is 4.98 Å². The van der Waals surface area contributed by atoms with Crippen LogP contribution in [0.2, 0.25) is 0 Å². The molecule has 1 aromatic heterocycles. The van der Waals surface area contributed by atoms with E-state index in [4.69, 9.17) is 15.9 Å². The maximum absolute atomic E-state index is 6.96. The van der Waals surface area contributed by atoms with E-state index < -0.39 is 0 Å². The third kappa shape index (κ3) is 4.61. The fourth-order valence-electron chi connectivity index (χ4n) is 0.875. The van der Waals surface area contributed by atoms with Crippen LogP contribution in [0, 0.1) is 5.41 Å². The van der Waals surface area contributed by atoms with Gasteiger partial charge in [-0.1, -0.05) is 12.1 Å². The minimum atomic E-state index is -0.352. The van der Waals surface area contributed by atoms with Crippen LogP contribution in [-0.2, 0) is 4.74 Å². The van der Waals surface area contributed by atoms with Crippen LogP contribution < -0.4 is 5.73 Å². The van der Waals surface area contributed by atoms with Gasteiger partial charge in [-0.3, -0.25) is 10.4 Å². The van der Waals surface area contributed by atoms with Gasteiger partial charge in [-0.15, -0.1) is 0 Å². The summed E-state index contributed by atoms with van der Waals surface area (Å²) in [5, 5.41) is 6.96. The van der Waals surface area contributed by atoms with Crippen LogP contribution in [0.3, 0.4) is 0 Å². The number of hydrogen-bond acceptors (Lipinski definition) is 3. The lowest BCUT2D eigenvalue weighted by atomic mass is 10.3. The van der Waals surface area contributed by atoms with Crippen molar-refractivity contribution in [3.8, 4) is 0 Å². The molecular weight excluding hydrogens is 190 g/mol. The van der Waals surface area contributed by atoms with Gasteiger partial charge in [0.15, 0.2) is 6.10 Å². The highest BCUT2D eigenvalue weighted by Gasteiger charge is 2.07. The molecule has 1 aliphatic heterocycles. The van der Waals surface area contributed by atoms with Crippen molar-refractivity contribution in [2.24, 2.45) is 5.73 Å². The minimum absolute atomic E-state index is 0.0376. The number of ether oxygens (including phenoxy) is 1. The highest BCUT2D eigenvalue weighted by atomic mass is 16.5. The molecule has 1 aromatic rings. The summed E-state index contributed by atoms with van der Waals surface area (Å²) in [6.45, 7) is 0. The predicted molar refractivity (Wildman–Crippen MR) is 59.3 cm³/mol. The molecule has 0 aromatic carbocycles. The Morgan fingerprint density at radius 3 is 2.20 bits per heavy atom. The maximum atomic E-state index is 6.96. The van der Waals surface area contributed by atoms with Gasteiger partial charge in [-0.05, 0) is 24.3 Å². The standard InChI is InChI=1S/C6H8N2O.C5H5N/c7-6(8)5-3-1-2-4-9-5;1-2-4-6-5-3-1/h1-5H,(H3,7,8);1-5H. The fraction of sp³-hybridized carbons (Fsp3) is 0.0909. The SMILES string of the molecule is N=C(N)C1C=CC=CO1.c1ccncc1. The van der Waals surface area contributed by atoms with Gasteiger partial charge in [0, 0.05) is 12.4 Å². The normalized spacial score (nSPS) is 17.2. The smallest absolute Gasteiger partial charge is 0.172 e. The lowest BCUT2D eigenvalue weighted by Crippen LogP contribution is -2.27. The Hall–Kier alpha value is -2.10. The van der Waals surface area contributed by atoms with E-state index in [1.165, 1.54) is 6.26 Å². The van der Waals surface area contributed by atoms with Gasteiger partial charge in [0.2, 0.25) is 0 Å². The summed E-state index contributed by atoms with van der Waals surface area (Å²) in [6.07, 6.45) is 9.94. The van der Waals surface area contributed by atoms with Crippen LogP contribution in [0.5, 0.6) is 0 Å². The number of nitrogens with two attached hydrogens (primary N) is 1. The zero-order chi connectivity index (χ0) is 10.9. The lowest BCUT2D eigenvalue weighted by Gasteiger charge is -2.11. The molecule has 0 spiro atoms. The van der Waals surface area contributed by atoms with Gasteiger partial charge in [0.1, 0.15) is 5.84 Å². The van der Waals surface area contributed by atoms with Gasteiger partial charge in [-0.25, -0.2) is 0 Å². The zero-order valence-electron chi connectivity index (χ0n) is 8.21. The molecule has 0 aliphatic carbocycles. The van der Waals surface area contributed by atoms with Crippen molar-refractivity contribution in [2.45, 2.75) is 6.10 Å². The molecule has 0 fully saturated rings. The summed E-state index contributed by atoms with van der Waals surface area (Å²) in [5.41, 5.74) is 5.14. The largest absolute Gasteiger partial charge is 0.486 e. The molecule has 4 nitrogen and oxygen atoms in total. The van der Waals surface area contributed by atoms with Gasteiger partial charge in [-0.2, -0.15) is 0 Å². The number of pyridine rings is 1. The Morgan fingerprint density at radius 2 is 1.93 bits per heavy atom. The summed E-state index contributed by atoms with van der Waals surface area (Å²) in [7, 11) is 0. The van der Waals surface area contributed by atoms with E-state index in [1.807, 2.05) is 18.2 Å². The minimum Gasteiger partial charge on any atom is -0.486 e. The van der Waals surface area contributed by atoms with Crippen molar-refractivity contribution in [2.75, 3.05) is 0 Å². The summed E-state index contributed by atoms with van der Waals surface area (Å²) in [5.74, 6) is 0.0376. The van der Waals surface area contributed by atoms with Crippen molar-refractivity contribution in [1.82, 2.24) is 4.98 Å². The summed E-state index contributed by atoms with van der Waals surface area (Å²) in [6, 6.07) is 5.72. The first kappa shape index (κ1) is 11.0. The second-order valence-corrected chi connectivity index (χ2v) is 2.75. The van der Waals surface area contributed by atoms with Crippen molar-refractivity contribution in [1.29, 1.82) is 5.41 Å². The monoisotopic (exact) mass is 203 g/mol. The predicted octanol–water partition coefficient (Wildman–Crippen LogP) is 1.47. The summed E-state index contributed by atoms with van der Waals surface area (Å²) >= 11 is 0. The number of aromatic nitrogens is 1. The van der Waals surface area contributed by atoms with E-state index >= 15 is 0 Å². The second kappa shape index (κ2) is 6.37. The van der Waals surface area contributed by atoms with E-state index in [0.717, 1.165) is 0 Å². The van der Waals surface area contributed by atoms with Crippen molar-refractivity contribution in [3.63, 3.8) is 0 Å². The Morgan fingerprint density at radius 1 is 1.20 bits per heavy atom. The lowest BCUT2D eigenvalue weighted by molar-refractivity contribution is 0.237. The first-order valence-corrected chi connectivity index (χ1v) is 4.48. The number of amidine groups is 1. The number of hydrogen-bond donors (Lipinski definition) is 2. The molecule has 0 saturated carbocycles. The molecular formula is C11H13N3O. The molecule has 1 atom stereocenters. The Labute approximate surface area is 88.6 Å².